The van der Waals surface area contributed by atoms with Crippen molar-refractivity contribution in [2.45, 2.75) is 26.4 Å². The van der Waals surface area contributed by atoms with Gasteiger partial charge in [0.1, 0.15) is 6.54 Å². The van der Waals surface area contributed by atoms with Gasteiger partial charge in [0.05, 0.1) is 18.2 Å². The Bertz CT molecular complexity index is 488. The number of hydrogen-bond donors (Lipinski definition) is 1. The summed E-state index contributed by atoms with van der Waals surface area (Å²) in [7, 11) is 0. The summed E-state index contributed by atoms with van der Waals surface area (Å²) in [5.41, 5.74) is -0.147. The third kappa shape index (κ3) is 5.94. The highest BCUT2D eigenvalue weighted by Gasteiger charge is 2.22. The molecule has 0 bridgehead atoms. The minimum Gasteiger partial charge on any atom is -0.389 e. The second-order valence-electron chi connectivity index (χ2n) is 5.59. The standard InChI is InChI=1S/C16H23N3O2/c1-4-18(13-16(2,3)21)12-15(20)19(11-10-17)14-8-6-5-7-9-14/h5-9,21H,4,11-13H2,1-3H3. The first kappa shape index (κ1) is 17.2. The summed E-state index contributed by atoms with van der Waals surface area (Å²) in [6, 6.07) is 11.2. The fourth-order valence-corrected chi connectivity index (χ4v) is 2.11. The van der Waals surface area contributed by atoms with Crippen molar-refractivity contribution in [3.8, 4) is 6.07 Å². The average Bonchev–Trinajstić information content (AvgIpc) is 2.43. The van der Waals surface area contributed by atoms with E-state index in [2.05, 4.69) is 0 Å². The molecule has 0 unspecified atom stereocenters. The number of nitrogens with zero attached hydrogens (tertiary/aromatic N) is 3. The number of rotatable bonds is 7. The van der Waals surface area contributed by atoms with Gasteiger partial charge >= 0.3 is 0 Å². The topological polar surface area (TPSA) is 67.6 Å². The highest BCUT2D eigenvalue weighted by molar-refractivity contribution is 5.95. The number of aliphatic hydroxyl groups is 1. The Kier molecular flexibility index (Phi) is 6.35. The van der Waals surface area contributed by atoms with Crippen LogP contribution in [0.25, 0.3) is 0 Å². The van der Waals surface area contributed by atoms with Crippen molar-refractivity contribution in [1.82, 2.24) is 4.90 Å². The van der Waals surface area contributed by atoms with Gasteiger partial charge in [-0.05, 0) is 32.5 Å². The number of hydrogen-bond acceptors (Lipinski definition) is 4. The van der Waals surface area contributed by atoms with E-state index < -0.39 is 5.60 Å². The molecular weight excluding hydrogens is 266 g/mol. The Balaban J connectivity index is 2.80. The highest BCUT2D eigenvalue weighted by Crippen LogP contribution is 2.14. The zero-order valence-electron chi connectivity index (χ0n) is 12.9. The van der Waals surface area contributed by atoms with Crippen LogP contribution in [0.2, 0.25) is 0 Å². The molecule has 5 heteroatoms. The molecule has 0 aliphatic rings. The van der Waals surface area contributed by atoms with Crippen molar-refractivity contribution in [3.05, 3.63) is 30.3 Å². The molecule has 1 amide bonds. The predicted octanol–water partition coefficient (Wildman–Crippen LogP) is 1.64. The Morgan fingerprint density at radius 1 is 1.33 bits per heavy atom. The van der Waals surface area contributed by atoms with Crippen LogP contribution in [-0.2, 0) is 4.79 Å². The molecule has 1 rings (SSSR count). The van der Waals surface area contributed by atoms with Gasteiger partial charge in [0.2, 0.25) is 5.91 Å². The van der Waals surface area contributed by atoms with Crippen LogP contribution >= 0.6 is 0 Å². The number of nitriles is 1. The van der Waals surface area contributed by atoms with Gasteiger partial charge in [-0.25, -0.2) is 0 Å². The van der Waals surface area contributed by atoms with Crippen LogP contribution in [0.1, 0.15) is 20.8 Å². The maximum atomic E-state index is 12.4. The second-order valence-corrected chi connectivity index (χ2v) is 5.59. The Morgan fingerprint density at radius 3 is 2.43 bits per heavy atom. The second kappa shape index (κ2) is 7.77. The lowest BCUT2D eigenvalue weighted by molar-refractivity contribution is -0.120. The van der Waals surface area contributed by atoms with Gasteiger partial charge in [0.25, 0.3) is 0 Å². The van der Waals surface area contributed by atoms with E-state index in [-0.39, 0.29) is 19.0 Å². The molecule has 0 aliphatic heterocycles. The predicted molar refractivity (Wildman–Crippen MR) is 82.8 cm³/mol. The molecule has 1 aromatic rings. The van der Waals surface area contributed by atoms with Gasteiger partial charge in [-0.1, -0.05) is 25.1 Å². The van der Waals surface area contributed by atoms with E-state index in [0.717, 1.165) is 0 Å². The van der Waals surface area contributed by atoms with Crippen molar-refractivity contribution in [3.63, 3.8) is 0 Å². The first-order valence-electron chi connectivity index (χ1n) is 7.04. The Hall–Kier alpha value is -1.90. The molecule has 0 fully saturated rings. The van der Waals surface area contributed by atoms with Crippen LogP contribution in [0, 0.1) is 11.3 Å². The summed E-state index contributed by atoms with van der Waals surface area (Å²) in [4.78, 5) is 15.8. The van der Waals surface area contributed by atoms with E-state index >= 15 is 0 Å². The molecule has 0 aliphatic carbocycles. The highest BCUT2D eigenvalue weighted by atomic mass is 16.3. The molecule has 1 N–H and O–H groups in total. The van der Waals surface area contributed by atoms with Crippen molar-refractivity contribution >= 4 is 11.6 Å². The number of carbonyl (C=O) groups excluding carboxylic acids is 1. The quantitative estimate of drug-likeness (QED) is 0.775. The minimum absolute atomic E-state index is 0.0168. The average molecular weight is 289 g/mol. The number of amides is 1. The molecule has 5 nitrogen and oxygen atoms in total. The van der Waals surface area contributed by atoms with Gasteiger partial charge in [-0.3, -0.25) is 14.6 Å². The van der Waals surface area contributed by atoms with Crippen LogP contribution < -0.4 is 4.90 Å². The summed E-state index contributed by atoms with van der Waals surface area (Å²) in [6.07, 6.45) is 0. The number of carbonyl (C=O) groups is 1. The van der Waals surface area contributed by atoms with Gasteiger partial charge in [0, 0.05) is 12.2 Å². The maximum Gasteiger partial charge on any atom is 0.242 e. The lowest BCUT2D eigenvalue weighted by Crippen LogP contribution is -2.45. The molecule has 0 heterocycles. The smallest absolute Gasteiger partial charge is 0.242 e. The first-order chi connectivity index (χ1) is 9.87. The fourth-order valence-electron chi connectivity index (χ4n) is 2.11. The summed E-state index contributed by atoms with van der Waals surface area (Å²) >= 11 is 0. The monoisotopic (exact) mass is 289 g/mol. The summed E-state index contributed by atoms with van der Waals surface area (Å²) in [6.45, 7) is 6.63. The molecule has 21 heavy (non-hydrogen) atoms. The minimum atomic E-state index is -0.858. The summed E-state index contributed by atoms with van der Waals surface area (Å²) in [5.74, 6) is -0.145. The maximum absolute atomic E-state index is 12.4. The molecule has 114 valence electrons. The Morgan fingerprint density at radius 2 is 1.95 bits per heavy atom. The van der Waals surface area contributed by atoms with Gasteiger partial charge in [-0.15, -0.1) is 0 Å². The van der Waals surface area contributed by atoms with Crippen LogP contribution in [0.5, 0.6) is 0 Å². The third-order valence-corrected chi connectivity index (χ3v) is 3.01. The molecular formula is C16H23N3O2. The van der Waals surface area contributed by atoms with Crippen molar-refractivity contribution < 1.29 is 9.90 Å². The molecule has 0 saturated carbocycles. The van der Waals surface area contributed by atoms with E-state index in [1.54, 1.807) is 13.8 Å². The van der Waals surface area contributed by atoms with Crippen molar-refractivity contribution in [2.75, 3.05) is 31.1 Å². The molecule has 0 spiro atoms. The molecule has 0 aromatic heterocycles. The summed E-state index contributed by atoms with van der Waals surface area (Å²) in [5, 5.41) is 18.8. The van der Waals surface area contributed by atoms with Crippen molar-refractivity contribution in [2.24, 2.45) is 0 Å². The van der Waals surface area contributed by atoms with Gasteiger partial charge < -0.3 is 5.11 Å². The van der Waals surface area contributed by atoms with E-state index in [9.17, 15) is 9.90 Å². The lowest BCUT2D eigenvalue weighted by Gasteiger charge is -2.29. The SMILES string of the molecule is CCN(CC(=O)N(CC#N)c1ccccc1)CC(C)(C)O. The number of benzene rings is 1. The first-order valence-corrected chi connectivity index (χ1v) is 7.04. The third-order valence-electron chi connectivity index (χ3n) is 3.01. The number of likely N-dealkylation sites (N-methyl/N-ethyl adjacent to an activating group) is 1. The Labute approximate surface area is 126 Å². The zero-order valence-corrected chi connectivity index (χ0v) is 12.9. The lowest BCUT2D eigenvalue weighted by atomic mass is 10.1. The van der Waals surface area contributed by atoms with Crippen molar-refractivity contribution in [1.29, 1.82) is 5.26 Å². The number of para-hydroxylation sites is 1. The van der Waals surface area contributed by atoms with Gasteiger partial charge in [-0.2, -0.15) is 5.26 Å². The van der Waals surface area contributed by atoms with E-state index in [1.807, 2.05) is 48.2 Å². The van der Waals surface area contributed by atoms with E-state index in [1.165, 1.54) is 4.90 Å². The van der Waals surface area contributed by atoms with Crippen LogP contribution in [-0.4, -0.2) is 47.7 Å². The van der Waals surface area contributed by atoms with Crippen LogP contribution in [0.15, 0.2) is 30.3 Å². The van der Waals surface area contributed by atoms with Crippen LogP contribution in [0.4, 0.5) is 5.69 Å². The van der Waals surface area contributed by atoms with E-state index in [4.69, 9.17) is 5.26 Å². The van der Waals surface area contributed by atoms with Crippen LogP contribution in [0.3, 0.4) is 0 Å². The molecule has 0 atom stereocenters. The normalized spacial score (nSPS) is 11.2. The zero-order chi connectivity index (χ0) is 15.9. The molecule has 0 radical (unpaired) electrons. The fraction of sp³-hybridized carbons (Fsp3) is 0.500. The summed E-state index contributed by atoms with van der Waals surface area (Å²) < 4.78 is 0. The number of anilines is 1. The molecule has 1 aromatic carbocycles. The molecule has 0 saturated heterocycles. The van der Waals surface area contributed by atoms with Gasteiger partial charge in [0.15, 0.2) is 0 Å². The van der Waals surface area contributed by atoms with E-state index in [0.29, 0.717) is 18.8 Å². The largest absolute Gasteiger partial charge is 0.389 e.